The van der Waals surface area contributed by atoms with Crippen LogP contribution in [-0.2, 0) is 14.2 Å². The van der Waals surface area contributed by atoms with Crippen LogP contribution in [-0.4, -0.2) is 104 Å². The molecule has 1 amide bonds. The summed E-state index contributed by atoms with van der Waals surface area (Å²) in [5.41, 5.74) is -0.0731. The molecule has 4 fully saturated rings. The molecule has 0 heterocycles. The van der Waals surface area contributed by atoms with Gasteiger partial charge in [0.15, 0.2) is 0 Å². The number of hydrogen-bond donors (Lipinski definition) is 3. The van der Waals surface area contributed by atoms with Crippen molar-refractivity contribution < 1.29 is 29.1 Å². The summed E-state index contributed by atoms with van der Waals surface area (Å²) >= 11 is 0. The zero-order chi connectivity index (χ0) is 32.4. The van der Waals surface area contributed by atoms with Gasteiger partial charge in [0, 0.05) is 11.8 Å². The number of rotatable bonds is 17. The zero-order valence-corrected chi connectivity index (χ0v) is 28.1. The fourth-order valence-electron chi connectivity index (χ4n) is 9.37. The first-order valence-corrected chi connectivity index (χ1v) is 17.9. The minimum atomic E-state index is -0.585. The molecule has 0 saturated heterocycles. The van der Waals surface area contributed by atoms with E-state index in [1.54, 1.807) is 13.6 Å². The molecule has 0 radical (unpaired) electrons. The van der Waals surface area contributed by atoms with Crippen molar-refractivity contribution in [3.63, 3.8) is 0 Å². The minimum Gasteiger partial charge on any atom is -0.446 e. The van der Waals surface area contributed by atoms with Crippen LogP contribution in [0.2, 0.25) is 13.6 Å². The van der Waals surface area contributed by atoms with Gasteiger partial charge in [0.05, 0.1) is 0 Å². The number of nitrogens with zero attached hydrogens (tertiary/aromatic N) is 3. The van der Waals surface area contributed by atoms with Gasteiger partial charge in [-0.25, -0.2) is 4.79 Å². The van der Waals surface area contributed by atoms with Gasteiger partial charge in [-0.05, 0) is 101 Å². The molecule has 250 valence electrons. The van der Waals surface area contributed by atoms with E-state index in [2.05, 4.69) is 17.1 Å². The molecule has 0 bridgehead atoms. The molecule has 45 heavy (non-hydrogen) atoms. The van der Waals surface area contributed by atoms with Gasteiger partial charge in [-0.15, -0.1) is 0 Å². The van der Waals surface area contributed by atoms with Crippen LogP contribution < -0.4 is 5.23 Å². The number of unbranched alkanes of at least 4 members (excludes halogenated alkanes) is 1. The molecular formula is C32H57B3N4O6. The molecule has 7 atom stereocenters. The van der Waals surface area contributed by atoms with Crippen LogP contribution in [0.15, 0.2) is 4.99 Å². The Morgan fingerprint density at radius 2 is 1.76 bits per heavy atom. The molecule has 0 aromatic carbocycles. The average molecular weight is 626 g/mol. The van der Waals surface area contributed by atoms with E-state index < -0.39 is 14.1 Å². The number of carbonyl (C=O) groups excluding carboxylic acids is 2. The smallest absolute Gasteiger partial charge is 0.446 e. The van der Waals surface area contributed by atoms with Gasteiger partial charge in [-0.2, -0.15) is 0 Å². The number of ether oxygens (including phenoxy) is 1. The maximum absolute atomic E-state index is 13.5. The standard InChI is InChI=1S/C32H57B3N4O6/c1-32-15-14-27-26-11-9-25(22-24(26)8-10-28(27)29(32)12-13-30(32)40)45-31(41)38(19-7-17-37-34(2)43)18-4-5-20-39(35(3)44)21-6-16-36-23-33-42/h23-29,37,43-44H,4-22H2,1-3H3. The Morgan fingerprint density at radius 3 is 2.51 bits per heavy atom. The van der Waals surface area contributed by atoms with Crippen molar-refractivity contribution in [2.45, 2.75) is 110 Å². The molecule has 7 unspecified atom stereocenters. The number of nitrogens with one attached hydrogen (secondary N) is 1. The number of hydrogen-bond acceptors (Lipinski definition) is 9. The van der Waals surface area contributed by atoms with Crippen molar-refractivity contribution in [2.75, 3.05) is 39.3 Å². The molecule has 13 heteroatoms. The predicted octanol–water partition coefficient (Wildman–Crippen LogP) is 3.77. The Hall–Kier alpha value is -1.56. The summed E-state index contributed by atoms with van der Waals surface area (Å²) in [4.78, 5) is 34.1. The molecule has 3 N–H and O–H groups in total. The molecule has 0 aromatic rings. The van der Waals surface area contributed by atoms with Crippen LogP contribution in [0.1, 0.15) is 90.4 Å². The topological polar surface area (TPSA) is 132 Å². The van der Waals surface area contributed by atoms with E-state index in [9.17, 15) is 24.3 Å². The minimum absolute atomic E-state index is 0.0390. The molecule has 4 aliphatic carbocycles. The van der Waals surface area contributed by atoms with Crippen LogP contribution in [0.4, 0.5) is 4.79 Å². The van der Waals surface area contributed by atoms with Crippen LogP contribution >= 0.6 is 0 Å². The summed E-state index contributed by atoms with van der Waals surface area (Å²) in [5.74, 6) is 3.82. The summed E-state index contributed by atoms with van der Waals surface area (Å²) < 4.78 is 16.6. The average Bonchev–Trinajstić information content (AvgIpc) is 3.32. The Kier molecular flexibility index (Phi) is 14.2. The predicted molar refractivity (Wildman–Crippen MR) is 179 cm³/mol. The SMILES string of the molecule is CB(O)NCCCN(CCCCN(CCCN=CB=O)B(C)O)C(=O)OC1CCC2C(CCC3C2CCC2(C)C(=O)CCC32)C1. The fraction of sp³-hybridized carbons (Fsp3) is 0.906. The Bertz CT molecular complexity index is 1010. The monoisotopic (exact) mass is 626 g/mol. The van der Waals surface area contributed by atoms with E-state index >= 15 is 0 Å². The van der Waals surface area contributed by atoms with Gasteiger partial charge in [0.2, 0.25) is 0 Å². The quantitative estimate of drug-likeness (QED) is 0.126. The third-order valence-corrected chi connectivity index (χ3v) is 11.7. The normalized spacial score (nSPS) is 30.8. The molecule has 0 spiro atoms. The van der Waals surface area contributed by atoms with Crippen molar-refractivity contribution in [1.29, 1.82) is 0 Å². The van der Waals surface area contributed by atoms with E-state index in [0.29, 0.717) is 75.9 Å². The van der Waals surface area contributed by atoms with Crippen molar-refractivity contribution >= 4 is 39.2 Å². The summed E-state index contributed by atoms with van der Waals surface area (Å²) in [7, 11) is -0.486. The number of aliphatic imine (C=N–C) groups is 1. The van der Waals surface area contributed by atoms with Gasteiger partial charge in [0.25, 0.3) is 0 Å². The summed E-state index contributed by atoms with van der Waals surface area (Å²) in [6.45, 7) is 9.42. The zero-order valence-electron chi connectivity index (χ0n) is 28.1. The molecule has 0 aromatic heterocycles. The number of amides is 1. The van der Waals surface area contributed by atoms with E-state index in [-0.39, 0.29) is 17.6 Å². The maximum atomic E-state index is 13.5. The van der Waals surface area contributed by atoms with E-state index in [4.69, 9.17) is 4.74 Å². The van der Waals surface area contributed by atoms with Crippen LogP contribution in [0.5, 0.6) is 0 Å². The second kappa shape index (κ2) is 17.6. The van der Waals surface area contributed by atoms with Gasteiger partial charge in [-0.1, -0.05) is 6.92 Å². The Balaban J connectivity index is 1.25. The third kappa shape index (κ3) is 9.74. The summed E-state index contributed by atoms with van der Waals surface area (Å²) in [6, 6.07) is 0. The molecule has 0 aliphatic heterocycles. The molecule has 4 aliphatic rings. The van der Waals surface area contributed by atoms with Crippen LogP contribution in [0, 0.1) is 35.0 Å². The summed E-state index contributed by atoms with van der Waals surface area (Å²) in [5, 5.41) is 22.8. The second-order valence-electron chi connectivity index (χ2n) is 14.6. The van der Waals surface area contributed by atoms with E-state index in [0.717, 1.165) is 70.1 Å². The molecule has 10 nitrogen and oxygen atoms in total. The summed E-state index contributed by atoms with van der Waals surface area (Å²) in [6.07, 6.45) is 13.6. The Labute approximate surface area is 272 Å². The van der Waals surface area contributed by atoms with E-state index in [1.165, 1.54) is 25.4 Å². The van der Waals surface area contributed by atoms with Gasteiger partial charge in [-0.3, -0.25) is 4.79 Å². The number of Topliss-reactive ketones (excluding diaryl/α,β-unsaturated/α-hetero) is 1. The van der Waals surface area contributed by atoms with Gasteiger partial charge >= 0.3 is 117 Å². The van der Waals surface area contributed by atoms with Crippen molar-refractivity contribution in [3.05, 3.63) is 0 Å². The van der Waals surface area contributed by atoms with E-state index in [1.807, 2.05) is 9.71 Å². The number of ketones is 1. The van der Waals surface area contributed by atoms with Gasteiger partial charge < -0.3 is 15.0 Å². The fourth-order valence-corrected chi connectivity index (χ4v) is 9.37. The second-order valence-corrected chi connectivity index (χ2v) is 14.6. The molecule has 4 saturated carbocycles. The van der Waals surface area contributed by atoms with Crippen molar-refractivity contribution in [2.24, 2.45) is 40.0 Å². The molecule has 4 rings (SSSR count). The first-order chi connectivity index (χ1) is 21.6. The third-order valence-electron chi connectivity index (χ3n) is 11.7. The first kappa shape index (κ1) is 36.3. The van der Waals surface area contributed by atoms with Crippen molar-refractivity contribution in [3.8, 4) is 0 Å². The van der Waals surface area contributed by atoms with Crippen LogP contribution in [0.25, 0.3) is 0 Å². The van der Waals surface area contributed by atoms with Crippen molar-refractivity contribution in [1.82, 2.24) is 14.9 Å². The Morgan fingerprint density at radius 1 is 1.02 bits per heavy atom. The first-order valence-electron chi connectivity index (χ1n) is 17.9. The number of carbonyl (C=O) groups is 2. The number of fused-ring (bicyclic) bond motifs is 5. The van der Waals surface area contributed by atoms with Gasteiger partial charge in [0.1, 0.15) is 11.9 Å². The molecular weight excluding hydrogens is 569 g/mol. The van der Waals surface area contributed by atoms with Crippen LogP contribution in [0.3, 0.4) is 0 Å².